The number of amides is 3. The smallest absolute Gasteiger partial charge is 0.233 e. The van der Waals surface area contributed by atoms with Gasteiger partial charge in [0.05, 0.1) is 11.8 Å². The number of rotatable bonds is 7. The van der Waals surface area contributed by atoms with Crippen LogP contribution in [0.4, 0.5) is 0 Å². The van der Waals surface area contributed by atoms with Crippen molar-refractivity contribution in [2.75, 3.05) is 26.7 Å². The average Bonchev–Trinajstić information content (AvgIpc) is 3.16. The number of nitrogens with zero attached hydrogens (tertiary/aromatic N) is 1. The first kappa shape index (κ1) is 15.2. The fourth-order valence-electron chi connectivity index (χ4n) is 4.01. The molecule has 1 saturated carbocycles. The van der Waals surface area contributed by atoms with Gasteiger partial charge in [-0.05, 0) is 38.3 Å². The van der Waals surface area contributed by atoms with E-state index < -0.39 is 0 Å². The van der Waals surface area contributed by atoms with Crippen molar-refractivity contribution in [1.29, 1.82) is 0 Å². The van der Waals surface area contributed by atoms with E-state index in [9.17, 15) is 14.4 Å². The topological polar surface area (TPSA) is 78.5 Å². The van der Waals surface area contributed by atoms with Crippen molar-refractivity contribution in [3.63, 3.8) is 0 Å². The fourth-order valence-corrected chi connectivity index (χ4v) is 4.01. The lowest BCUT2D eigenvalue weighted by molar-refractivity contribution is -0.141. The summed E-state index contributed by atoms with van der Waals surface area (Å²) in [5.41, 5.74) is 0. The number of carbonyl (C=O) groups excluding carboxylic acids is 3. The molecule has 2 fully saturated rings. The van der Waals surface area contributed by atoms with Gasteiger partial charge in [0.25, 0.3) is 0 Å². The summed E-state index contributed by atoms with van der Waals surface area (Å²) in [6.07, 6.45) is 6.36. The largest absolute Gasteiger partial charge is 0.354 e. The van der Waals surface area contributed by atoms with E-state index in [4.69, 9.17) is 0 Å². The summed E-state index contributed by atoms with van der Waals surface area (Å²) in [6.45, 7) is 1.44. The van der Waals surface area contributed by atoms with E-state index >= 15 is 0 Å². The lowest BCUT2D eigenvalue weighted by Gasteiger charge is -2.17. The molecule has 1 aliphatic heterocycles. The Morgan fingerprint density at radius 3 is 2.41 bits per heavy atom. The molecular weight excluding hydrogens is 282 g/mol. The highest BCUT2D eigenvalue weighted by atomic mass is 16.2. The molecule has 0 radical (unpaired) electrons. The van der Waals surface area contributed by atoms with Gasteiger partial charge in [-0.1, -0.05) is 12.2 Å². The third-order valence-corrected chi connectivity index (χ3v) is 5.05. The molecule has 120 valence electrons. The minimum Gasteiger partial charge on any atom is -0.354 e. The SMILES string of the molecule is CNCCCC(=O)NCCN1C(=O)C2C3C=CC(C3)C2C1=O. The van der Waals surface area contributed by atoms with E-state index in [0.29, 0.717) is 19.5 Å². The Morgan fingerprint density at radius 2 is 1.82 bits per heavy atom. The third kappa shape index (κ3) is 2.56. The van der Waals surface area contributed by atoms with Crippen molar-refractivity contribution in [2.24, 2.45) is 23.7 Å². The van der Waals surface area contributed by atoms with Crippen LogP contribution in [0.1, 0.15) is 19.3 Å². The summed E-state index contributed by atoms with van der Waals surface area (Å²) < 4.78 is 0. The zero-order chi connectivity index (χ0) is 15.7. The van der Waals surface area contributed by atoms with E-state index in [1.165, 1.54) is 4.90 Å². The predicted molar refractivity (Wildman–Crippen MR) is 80.6 cm³/mol. The first-order valence-electron chi connectivity index (χ1n) is 8.08. The second kappa shape index (κ2) is 6.20. The van der Waals surface area contributed by atoms with E-state index in [0.717, 1.165) is 19.4 Å². The number of nitrogens with one attached hydrogen (secondary N) is 2. The number of likely N-dealkylation sites (tertiary alicyclic amines) is 1. The van der Waals surface area contributed by atoms with Gasteiger partial charge in [-0.3, -0.25) is 19.3 Å². The highest BCUT2D eigenvalue weighted by Gasteiger charge is 2.58. The van der Waals surface area contributed by atoms with Crippen LogP contribution in [0, 0.1) is 23.7 Å². The maximum atomic E-state index is 12.4. The Morgan fingerprint density at radius 1 is 1.18 bits per heavy atom. The van der Waals surface area contributed by atoms with Crippen LogP contribution in [-0.4, -0.2) is 49.3 Å². The van der Waals surface area contributed by atoms with Gasteiger partial charge in [0.2, 0.25) is 17.7 Å². The van der Waals surface area contributed by atoms with Crippen LogP contribution in [0.25, 0.3) is 0 Å². The Labute approximate surface area is 130 Å². The molecule has 0 aromatic carbocycles. The van der Waals surface area contributed by atoms with Crippen LogP contribution >= 0.6 is 0 Å². The molecule has 6 nitrogen and oxygen atoms in total. The molecule has 4 atom stereocenters. The standard InChI is InChI=1S/C16H23N3O3/c1-17-6-2-3-12(20)18-7-8-19-15(21)13-10-4-5-11(9-10)14(13)16(19)22/h4-5,10-11,13-14,17H,2-3,6-9H2,1H3,(H,18,20). The average molecular weight is 305 g/mol. The van der Waals surface area contributed by atoms with Gasteiger partial charge in [0, 0.05) is 19.5 Å². The Balaban J connectivity index is 1.47. The van der Waals surface area contributed by atoms with E-state index in [-0.39, 0.29) is 41.4 Å². The minimum absolute atomic E-state index is 0.0312. The molecule has 3 rings (SSSR count). The van der Waals surface area contributed by atoms with Gasteiger partial charge in [0.1, 0.15) is 0 Å². The van der Waals surface area contributed by atoms with E-state index in [2.05, 4.69) is 22.8 Å². The van der Waals surface area contributed by atoms with Gasteiger partial charge in [-0.15, -0.1) is 0 Å². The van der Waals surface area contributed by atoms with Gasteiger partial charge < -0.3 is 10.6 Å². The Hall–Kier alpha value is -1.69. The summed E-state index contributed by atoms with van der Waals surface area (Å²) in [6, 6.07) is 0. The van der Waals surface area contributed by atoms with E-state index in [1.807, 2.05) is 7.05 Å². The molecule has 4 unspecified atom stereocenters. The number of hydrogen-bond donors (Lipinski definition) is 2. The molecule has 2 N–H and O–H groups in total. The number of carbonyl (C=O) groups is 3. The summed E-state index contributed by atoms with van der Waals surface area (Å²) in [7, 11) is 1.85. The molecule has 3 amide bonds. The molecule has 3 aliphatic rings. The first-order valence-corrected chi connectivity index (χ1v) is 8.08. The van der Waals surface area contributed by atoms with Crippen LogP contribution < -0.4 is 10.6 Å². The van der Waals surface area contributed by atoms with Crippen molar-refractivity contribution in [3.05, 3.63) is 12.2 Å². The highest BCUT2D eigenvalue weighted by Crippen LogP contribution is 2.52. The quantitative estimate of drug-likeness (QED) is 0.391. The summed E-state index contributed by atoms with van der Waals surface area (Å²) in [4.78, 5) is 37.8. The molecule has 0 spiro atoms. The zero-order valence-corrected chi connectivity index (χ0v) is 12.9. The van der Waals surface area contributed by atoms with Gasteiger partial charge >= 0.3 is 0 Å². The van der Waals surface area contributed by atoms with Gasteiger partial charge in [-0.25, -0.2) is 0 Å². The summed E-state index contributed by atoms with van der Waals surface area (Å²) in [5.74, 6) is 0.0756. The molecule has 2 bridgehead atoms. The van der Waals surface area contributed by atoms with Crippen LogP contribution in [0.2, 0.25) is 0 Å². The highest BCUT2D eigenvalue weighted by molar-refractivity contribution is 6.06. The van der Waals surface area contributed by atoms with Crippen LogP contribution in [0.5, 0.6) is 0 Å². The molecule has 0 aromatic heterocycles. The van der Waals surface area contributed by atoms with Crippen molar-refractivity contribution >= 4 is 17.7 Å². The monoisotopic (exact) mass is 305 g/mol. The van der Waals surface area contributed by atoms with Crippen LogP contribution in [0.3, 0.4) is 0 Å². The summed E-state index contributed by atoms with van der Waals surface area (Å²) >= 11 is 0. The molecule has 6 heteroatoms. The van der Waals surface area contributed by atoms with Gasteiger partial charge in [-0.2, -0.15) is 0 Å². The zero-order valence-electron chi connectivity index (χ0n) is 12.9. The van der Waals surface area contributed by atoms with Crippen molar-refractivity contribution < 1.29 is 14.4 Å². The summed E-state index contributed by atoms with van der Waals surface area (Å²) in [5, 5.41) is 5.77. The van der Waals surface area contributed by atoms with Crippen molar-refractivity contribution in [3.8, 4) is 0 Å². The maximum absolute atomic E-state index is 12.4. The molecule has 0 aromatic rings. The second-order valence-corrected chi connectivity index (χ2v) is 6.39. The number of hydrogen-bond acceptors (Lipinski definition) is 4. The van der Waals surface area contributed by atoms with Crippen molar-refractivity contribution in [2.45, 2.75) is 19.3 Å². The lowest BCUT2D eigenvalue weighted by atomic mass is 9.85. The normalized spacial score (nSPS) is 32.0. The molecule has 1 heterocycles. The second-order valence-electron chi connectivity index (χ2n) is 6.39. The van der Waals surface area contributed by atoms with Crippen LogP contribution in [-0.2, 0) is 14.4 Å². The molecule has 1 saturated heterocycles. The Bertz CT molecular complexity index is 487. The molecular formula is C16H23N3O3. The Kier molecular flexibility index (Phi) is 4.29. The maximum Gasteiger partial charge on any atom is 0.233 e. The molecule has 22 heavy (non-hydrogen) atoms. The molecule has 2 aliphatic carbocycles. The third-order valence-electron chi connectivity index (χ3n) is 5.05. The minimum atomic E-state index is -0.145. The lowest BCUT2D eigenvalue weighted by Crippen LogP contribution is -2.39. The predicted octanol–water partition coefficient (Wildman–Crippen LogP) is -0.0907. The fraction of sp³-hybridized carbons (Fsp3) is 0.688. The number of allylic oxidation sites excluding steroid dienone is 2. The number of fused-ring (bicyclic) bond motifs is 5. The van der Waals surface area contributed by atoms with E-state index in [1.54, 1.807) is 0 Å². The first-order chi connectivity index (χ1) is 10.6. The van der Waals surface area contributed by atoms with Crippen LogP contribution in [0.15, 0.2) is 12.2 Å². The van der Waals surface area contributed by atoms with Crippen molar-refractivity contribution in [1.82, 2.24) is 15.5 Å². The number of imide groups is 1. The van der Waals surface area contributed by atoms with Gasteiger partial charge in [0.15, 0.2) is 0 Å².